The number of rotatable bonds is 9. The smallest absolute Gasteiger partial charge is 0.259 e. The average Bonchev–Trinajstić information content (AvgIpc) is 3.25. The average molecular weight is 455 g/mol. The molecule has 4 rings (SSSR count). The molecule has 0 spiro atoms. The molecule has 3 aromatic rings. The Morgan fingerprint density at radius 2 is 1.97 bits per heavy atom. The van der Waals surface area contributed by atoms with E-state index < -0.39 is 10.0 Å². The minimum Gasteiger partial charge on any atom is -0.492 e. The van der Waals surface area contributed by atoms with Crippen LogP contribution in [0, 0.1) is 0 Å². The van der Waals surface area contributed by atoms with Crippen molar-refractivity contribution in [2.75, 3.05) is 13.2 Å². The predicted octanol–water partition coefficient (Wildman–Crippen LogP) is 2.99. The van der Waals surface area contributed by atoms with E-state index in [1.165, 1.54) is 18.1 Å². The number of benzene rings is 2. The van der Waals surface area contributed by atoms with Gasteiger partial charge in [-0.1, -0.05) is 49.4 Å². The minimum absolute atomic E-state index is 0.0204. The van der Waals surface area contributed by atoms with Crippen LogP contribution in [0.5, 0.6) is 5.75 Å². The molecule has 2 atom stereocenters. The van der Waals surface area contributed by atoms with E-state index in [0.29, 0.717) is 6.61 Å². The van der Waals surface area contributed by atoms with Gasteiger partial charge in [0.15, 0.2) is 5.03 Å². The highest BCUT2D eigenvalue weighted by Crippen LogP contribution is 2.37. The Labute approximate surface area is 189 Å². The summed E-state index contributed by atoms with van der Waals surface area (Å²) in [6, 6.07) is 16.6. The Hall–Kier alpha value is -2.68. The first-order valence-corrected chi connectivity index (χ1v) is 12.4. The molecule has 0 saturated heterocycles. The van der Waals surface area contributed by atoms with Crippen molar-refractivity contribution in [3.05, 3.63) is 77.7 Å². The fraction of sp³-hybridized carbons (Fsp3) is 0.375. The van der Waals surface area contributed by atoms with Crippen LogP contribution >= 0.6 is 0 Å². The van der Waals surface area contributed by atoms with Crippen molar-refractivity contribution in [2.24, 2.45) is 7.05 Å². The van der Waals surface area contributed by atoms with Crippen LogP contribution in [0.2, 0.25) is 0 Å². The lowest BCUT2D eigenvalue weighted by Crippen LogP contribution is -2.43. The maximum absolute atomic E-state index is 12.6. The number of hydrogen-bond acceptors (Lipinski definition) is 5. The third-order valence-corrected chi connectivity index (χ3v) is 7.04. The molecule has 0 bridgehead atoms. The number of hydrogen-bond donors (Lipinski definition) is 2. The predicted molar refractivity (Wildman–Crippen MR) is 124 cm³/mol. The Morgan fingerprint density at radius 3 is 2.69 bits per heavy atom. The monoisotopic (exact) mass is 454 g/mol. The Morgan fingerprint density at radius 1 is 1.16 bits per heavy atom. The Balaban J connectivity index is 1.57. The largest absolute Gasteiger partial charge is 0.492 e. The van der Waals surface area contributed by atoms with Gasteiger partial charge >= 0.3 is 0 Å². The topological polar surface area (TPSA) is 85.3 Å². The second-order valence-electron chi connectivity index (χ2n) is 8.24. The second kappa shape index (κ2) is 9.85. The molecule has 1 aromatic heterocycles. The molecular formula is C24H30N4O3S. The quantitative estimate of drug-likeness (QED) is 0.519. The first-order chi connectivity index (χ1) is 15.5. The van der Waals surface area contributed by atoms with E-state index in [2.05, 4.69) is 52.3 Å². The van der Waals surface area contributed by atoms with Crippen molar-refractivity contribution < 1.29 is 13.2 Å². The summed E-state index contributed by atoms with van der Waals surface area (Å²) >= 11 is 0. The number of nitrogens with zero attached hydrogens (tertiary/aromatic N) is 2. The third kappa shape index (κ3) is 5.20. The van der Waals surface area contributed by atoms with Crippen LogP contribution in [0.4, 0.5) is 0 Å². The summed E-state index contributed by atoms with van der Waals surface area (Å²) in [5.41, 5.74) is 3.28. The molecule has 0 saturated carbocycles. The number of ether oxygens (including phenoxy) is 1. The van der Waals surface area contributed by atoms with E-state index in [-0.39, 0.29) is 23.5 Å². The van der Waals surface area contributed by atoms with Crippen LogP contribution in [0.3, 0.4) is 0 Å². The molecule has 2 unspecified atom stereocenters. The van der Waals surface area contributed by atoms with Gasteiger partial charge in [-0.2, -0.15) is 0 Å². The van der Waals surface area contributed by atoms with E-state index in [0.717, 1.165) is 36.3 Å². The maximum Gasteiger partial charge on any atom is 0.259 e. The maximum atomic E-state index is 12.6. The molecule has 0 aliphatic carbocycles. The van der Waals surface area contributed by atoms with Gasteiger partial charge in [-0.05, 0) is 42.1 Å². The van der Waals surface area contributed by atoms with Gasteiger partial charge in [-0.3, -0.25) is 0 Å². The minimum atomic E-state index is -3.67. The SMILES string of the molecule is CCCNC1COc2ccc(CNS(=O)(=O)c3cn(C)cn3)cc2C1Cc1ccccc1. The molecule has 32 heavy (non-hydrogen) atoms. The summed E-state index contributed by atoms with van der Waals surface area (Å²) < 4.78 is 35.5. The molecule has 0 fully saturated rings. The number of nitrogens with one attached hydrogen (secondary N) is 2. The van der Waals surface area contributed by atoms with Gasteiger partial charge in [-0.15, -0.1) is 0 Å². The molecule has 2 aromatic carbocycles. The second-order valence-corrected chi connectivity index (χ2v) is 9.96. The zero-order valence-electron chi connectivity index (χ0n) is 18.5. The van der Waals surface area contributed by atoms with Gasteiger partial charge in [0.25, 0.3) is 10.0 Å². The van der Waals surface area contributed by atoms with Crippen LogP contribution in [0.1, 0.15) is 36.0 Å². The fourth-order valence-corrected chi connectivity index (χ4v) is 5.07. The molecule has 170 valence electrons. The van der Waals surface area contributed by atoms with Crippen LogP contribution in [0.15, 0.2) is 66.1 Å². The summed E-state index contributed by atoms with van der Waals surface area (Å²) in [7, 11) is -1.93. The fourth-order valence-electron chi connectivity index (χ4n) is 4.07. The molecule has 2 N–H and O–H groups in total. The van der Waals surface area contributed by atoms with Gasteiger partial charge in [0.05, 0.1) is 6.33 Å². The van der Waals surface area contributed by atoms with Gasteiger partial charge in [0, 0.05) is 31.7 Å². The molecule has 2 heterocycles. The van der Waals surface area contributed by atoms with Gasteiger partial charge in [-0.25, -0.2) is 18.1 Å². The van der Waals surface area contributed by atoms with E-state index in [9.17, 15) is 8.42 Å². The Bertz CT molecular complexity index is 1150. The molecule has 0 amide bonds. The van der Waals surface area contributed by atoms with E-state index in [1.54, 1.807) is 11.6 Å². The number of aryl methyl sites for hydroxylation is 1. The normalized spacial score (nSPS) is 18.2. The first-order valence-electron chi connectivity index (χ1n) is 11.0. The summed E-state index contributed by atoms with van der Waals surface area (Å²) in [6.45, 7) is 3.90. The summed E-state index contributed by atoms with van der Waals surface area (Å²) in [4.78, 5) is 3.95. The molecule has 8 heteroatoms. The summed E-state index contributed by atoms with van der Waals surface area (Å²) in [6.07, 6.45) is 4.91. The lowest BCUT2D eigenvalue weighted by molar-refractivity contribution is 0.212. The van der Waals surface area contributed by atoms with Crippen molar-refractivity contribution in [3.8, 4) is 5.75 Å². The van der Waals surface area contributed by atoms with Crippen molar-refractivity contribution >= 4 is 10.0 Å². The summed E-state index contributed by atoms with van der Waals surface area (Å²) in [5.74, 6) is 1.11. The molecule has 0 radical (unpaired) electrons. The number of fused-ring (bicyclic) bond motifs is 1. The molecule has 1 aliphatic rings. The molecule has 1 aliphatic heterocycles. The van der Waals surface area contributed by atoms with E-state index in [1.807, 2.05) is 18.2 Å². The van der Waals surface area contributed by atoms with Crippen molar-refractivity contribution in [1.29, 1.82) is 0 Å². The van der Waals surface area contributed by atoms with E-state index in [4.69, 9.17) is 4.74 Å². The standard InChI is InChI=1S/C24H30N4O3S/c1-3-11-25-22-16-31-23-10-9-19(14-27-32(29,30)24-15-28(2)17-26-24)13-21(23)20(22)12-18-7-5-4-6-8-18/h4-10,13,15,17,20,22,25,27H,3,11-12,14,16H2,1-2H3. The lowest BCUT2D eigenvalue weighted by Gasteiger charge is -2.35. The first kappa shape index (κ1) is 22.5. The molecular weight excluding hydrogens is 424 g/mol. The van der Waals surface area contributed by atoms with Crippen LogP contribution in [-0.2, 0) is 30.0 Å². The van der Waals surface area contributed by atoms with Crippen LogP contribution in [-0.4, -0.2) is 37.2 Å². The zero-order chi connectivity index (χ0) is 22.6. The number of imidazole rings is 1. The van der Waals surface area contributed by atoms with Gasteiger partial charge in [0.2, 0.25) is 0 Å². The van der Waals surface area contributed by atoms with Crippen LogP contribution in [0.25, 0.3) is 0 Å². The van der Waals surface area contributed by atoms with Crippen molar-refractivity contribution in [2.45, 2.75) is 43.3 Å². The highest BCUT2D eigenvalue weighted by Gasteiger charge is 2.31. The van der Waals surface area contributed by atoms with Gasteiger partial charge in [0.1, 0.15) is 12.4 Å². The van der Waals surface area contributed by atoms with Crippen LogP contribution < -0.4 is 14.8 Å². The zero-order valence-corrected chi connectivity index (χ0v) is 19.3. The highest BCUT2D eigenvalue weighted by molar-refractivity contribution is 7.89. The number of aromatic nitrogens is 2. The van der Waals surface area contributed by atoms with Gasteiger partial charge < -0.3 is 14.6 Å². The molecule has 7 nitrogen and oxygen atoms in total. The van der Waals surface area contributed by atoms with Crippen molar-refractivity contribution in [1.82, 2.24) is 19.6 Å². The Kier molecular flexibility index (Phi) is 6.93. The van der Waals surface area contributed by atoms with Crippen molar-refractivity contribution in [3.63, 3.8) is 0 Å². The number of sulfonamides is 1. The third-order valence-electron chi connectivity index (χ3n) is 5.76. The van der Waals surface area contributed by atoms with E-state index >= 15 is 0 Å². The summed E-state index contributed by atoms with van der Waals surface area (Å²) in [5, 5.41) is 3.66. The highest BCUT2D eigenvalue weighted by atomic mass is 32.2. The lowest BCUT2D eigenvalue weighted by atomic mass is 9.83.